The molecule has 0 heterocycles. The number of rotatable bonds is 6. The average Bonchev–Trinajstić information content (AvgIpc) is 2.60. The molecule has 0 radical (unpaired) electrons. The van der Waals surface area contributed by atoms with Gasteiger partial charge in [-0.05, 0) is 36.8 Å². The van der Waals surface area contributed by atoms with Crippen LogP contribution in [-0.2, 0) is 0 Å². The first-order valence-corrected chi connectivity index (χ1v) is 7.29. The topological polar surface area (TPSA) is 59.9 Å². The van der Waals surface area contributed by atoms with Gasteiger partial charge in [-0.3, -0.25) is 4.79 Å². The largest absolute Gasteiger partial charge is 0.497 e. The quantitative estimate of drug-likeness (QED) is 0.505. The van der Waals surface area contributed by atoms with E-state index in [2.05, 4.69) is 16.4 Å². The smallest absolute Gasteiger partial charge is 0.271 e. The van der Waals surface area contributed by atoms with Crippen molar-refractivity contribution in [1.82, 2.24) is 5.43 Å². The Kier molecular flexibility index (Phi) is 5.98. The molecule has 0 aromatic heterocycles. The van der Waals surface area contributed by atoms with Crippen molar-refractivity contribution in [1.29, 1.82) is 0 Å². The van der Waals surface area contributed by atoms with Gasteiger partial charge in [-0.25, -0.2) is 5.43 Å². The molecule has 2 rings (SSSR count). The van der Waals surface area contributed by atoms with Crippen molar-refractivity contribution < 1.29 is 14.3 Å². The van der Waals surface area contributed by atoms with Crippen LogP contribution >= 0.6 is 0 Å². The number of amides is 1. The summed E-state index contributed by atoms with van der Waals surface area (Å²) < 4.78 is 10.6. The van der Waals surface area contributed by atoms with Crippen molar-refractivity contribution in [3.05, 3.63) is 59.2 Å². The maximum absolute atomic E-state index is 12.1. The molecule has 0 unspecified atom stereocenters. The van der Waals surface area contributed by atoms with Gasteiger partial charge in [0.15, 0.2) is 0 Å². The number of hydrogen-bond donors (Lipinski definition) is 1. The third kappa shape index (κ3) is 4.37. The monoisotopic (exact) mass is 322 g/mol. The van der Waals surface area contributed by atoms with Crippen LogP contribution in [-0.4, -0.2) is 25.8 Å². The second kappa shape index (κ2) is 8.39. The first kappa shape index (κ1) is 17.1. The molecule has 0 aliphatic heterocycles. The number of nitrogens with zero attached hydrogens (tertiary/aromatic N) is 1. The van der Waals surface area contributed by atoms with Crippen LogP contribution in [0.4, 0.5) is 0 Å². The van der Waals surface area contributed by atoms with Crippen LogP contribution in [0.25, 0.3) is 0 Å². The Hall–Kier alpha value is -3.26. The lowest BCUT2D eigenvalue weighted by Crippen LogP contribution is -2.18. The third-order valence-electron chi connectivity index (χ3n) is 3.29. The lowest BCUT2D eigenvalue weighted by atomic mass is 10.1. The molecule has 2 aromatic carbocycles. The highest BCUT2D eigenvalue weighted by Gasteiger charge is 2.07. The molecule has 0 bridgehead atoms. The fourth-order valence-electron chi connectivity index (χ4n) is 2.05. The van der Waals surface area contributed by atoms with Gasteiger partial charge >= 0.3 is 0 Å². The number of methoxy groups -OCH3 is 1. The Morgan fingerprint density at radius 3 is 2.83 bits per heavy atom. The minimum absolute atomic E-state index is 0.142. The fraction of sp³-hybridized carbons (Fsp3) is 0.158. The second-order valence-corrected chi connectivity index (χ2v) is 4.91. The Bertz CT molecular complexity index is 791. The van der Waals surface area contributed by atoms with Crippen LogP contribution in [0.1, 0.15) is 21.5 Å². The Morgan fingerprint density at radius 2 is 2.12 bits per heavy atom. The normalized spacial score (nSPS) is 10.2. The highest BCUT2D eigenvalue weighted by Crippen LogP contribution is 2.22. The molecule has 0 atom stereocenters. The average molecular weight is 322 g/mol. The molecule has 122 valence electrons. The number of aryl methyl sites for hydroxylation is 1. The van der Waals surface area contributed by atoms with Crippen molar-refractivity contribution in [2.24, 2.45) is 5.10 Å². The molecular weight excluding hydrogens is 304 g/mol. The molecular formula is C19H18N2O3. The summed E-state index contributed by atoms with van der Waals surface area (Å²) in [5.41, 5.74) is 4.60. The van der Waals surface area contributed by atoms with Crippen molar-refractivity contribution in [3.63, 3.8) is 0 Å². The summed E-state index contributed by atoms with van der Waals surface area (Å²) in [4.78, 5) is 12.1. The minimum atomic E-state index is -0.279. The molecule has 0 aliphatic rings. The maximum Gasteiger partial charge on any atom is 0.271 e. The zero-order chi connectivity index (χ0) is 17.4. The number of carbonyl (C=O) groups is 1. The van der Waals surface area contributed by atoms with Crippen molar-refractivity contribution in [2.75, 3.05) is 13.7 Å². The van der Waals surface area contributed by atoms with Crippen LogP contribution in [0, 0.1) is 19.3 Å². The minimum Gasteiger partial charge on any atom is -0.497 e. The molecule has 0 fully saturated rings. The van der Waals surface area contributed by atoms with E-state index in [4.69, 9.17) is 15.9 Å². The summed E-state index contributed by atoms with van der Waals surface area (Å²) in [5.74, 6) is 3.33. The lowest BCUT2D eigenvalue weighted by Gasteiger charge is -2.08. The van der Waals surface area contributed by atoms with Gasteiger partial charge in [0.1, 0.15) is 18.1 Å². The second-order valence-electron chi connectivity index (χ2n) is 4.91. The zero-order valence-corrected chi connectivity index (χ0v) is 13.6. The van der Waals surface area contributed by atoms with E-state index in [1.54, 1.807) is 37.4 Å². The molecule has 1 N–H and O–H groups in total. The predicted octanol–water partition coefficient (Wildman–Crippen LogP) is 2.78. The van der Waals surface area contributed by atoms with Gasteiger partial charge in [0.05, 0.1) is 13.3 Å². The van der Waals surface area contributed by atoms with Crippen molar-refractivity contribution >= 4 is 12.1 Å². The number of benzene rings is 2. The molecule has 0 saturated heterocycles. The van der Waals surface area contributed by atoms with E-state index in [9.17, 15) is 4.79 Å². The molecule has 5 nitrogen and oxygen atoms in total. The van der Waals surface area contributed by atoms with Crippen molar-refractivity contribution in [2.45, 2.75) is 6.92 Å². The number of carbonyl (C=O) groups excluding carboxylic acids is 1. The number of ether oxygens (including phenoxy) is 2. The van der Waals surface area contributed by atoms with Crippen LogP contribution in [0.15, 0.2) is 47.6 Å². The first-order chi connectivity index (χ1) is 11.7. The van der Waals surface area contributed by atoms with Gasteiger partial charge in [0, 0.05) is 11.1 Å². The van der Waals surface area contributed by atoms with E-state index in [0.717, 1.165) is 5.56 Å². The molecule has 0 aliphatic carbocycles. The molecule has 0 saturated carbocycles. The number of terminal acetylenes is 1. The Morgan fingerprint density at radius 1 is 1.33 bits per heavy atom. The molecule has 0 spiro atoms. The molecule has 24 heavy (non-hydrogen) atoms. The number of nitrogens with one attached hydrogen (secondary N) is 1. The van der Waals surface area contributed by atoms with Gasteiger partial charge in [-0.15, -0.1) is 6.42 Å². The van der Waals surface area contributed by atoms with Gasteiger partial charge < -0.3 is 9.47 Å². The summed E-state index contributed by atoms with van der Waals surface area (Å²) >= 11 is 0. The fourth-order valence-corrected chi connectivity index (χ4v) is 2.05. The van der Waals surface area contributed by atoms with Crippen LogP contribution in [0.2, 0.25) is 0 Å². The number of hydrogen-bond acceptors (Lipinski definition) is 4. The summed E-state index contributed by atoms with van der Waals surface area (Å²) in [7, 11) is 1.57. The van der Waals surface area contributed by atoms with Gasteiger partial charge in [-0.1, -0.05) is 24.1 Å². The SMILES string of the molecule is C#CCOc1ccc(OC)cc1/C=N\NC(=O)c1ccccc1C. The summed E-state index contributed by atoms with van der Waals surface area (Å²) in [6.45, 7) is 2.01. The molecule has 2 aromatic rings. The van der Waals surface area contributed by atoms with Crippen molar-refractivity contribution in [3.8, 4) is 23.8 Å². The van der Waals surface area contributed by atoms with Gasteiger partial charge in [-0.2, -0.15) is 5.10 Å². The van der Waals surface area contributed by atoms with E-state index in [0.29, 0.717) is 22.6 Å². The van der Waals surface area contributed by atoms with Gasteiger partial charge in [0.25, 0.3) is 5.91 Å². The summed E-state index contributed by atoms with van der Waals surface area (Å²) in [6, 6.07) is 12.5. The van der Waals surface area contributed by atoms with E-state index in [-0.39, 0.29) is 12.5 Å². The first-order valence-electron chi connectivity index (χ1n) is 7.29. The molecule has 5 heteroatoms. The van der Waals surface area contributed by atoms with Crippen LogP contribution in [0.5, 0.6) is 11.5 Å². The highest BCUT2D eigenvalue weighted by atomic mass is 16.5. The maximum atomic E-state index is 12.1. The summed E-state index contributed by atoms with van der Waals surface area (Å²) in [5, 5.41) is 3.99. The third-order valence-corrected chi connectivity index (χ3v) is 3.29. The number of hydrazone groups is 1. The van der Waals surface area contributed by atoms with Crippen LogP contribution in [0.3, 0.4) is 0 Å². The lowest BCUT2D eigenvalue weighted by molar-refractivity contribution is 0.0954. The van der Waals surface area contributed by atoms with E-state index in [1.165, 1.54) is 6.21 Å². The van der Waals surface area contributed by atoms with Gasteiger partial charge in [0.2, 0.25) is 0 Å². The molecule has 1 amide bonds. The predicted molar refractivity (Wildman–Crippen MR) is 93.6 cm³/mol. The standard InChI is InChI=1S/C19H18N2O3/c1-4-11-24-18-10-9-16(23-3)12-15(18)13-20-21-19(22)17-8-6-5-7-14(17)2/h1,5-10,12-13H,11H2,2-3H3,(H,21,22)/b20-13-. The zero-order valence-electron chi connectivity index (χ0n) is 13.6. The highest BCUT2D eigenvalue weighted by molar-refractivity contribution is 5.96. The Balaban J connectivity index is 2.14. The van der Waals surface area contributed by atoms with E-state index >= 15 is 0 Å². The van der Waals surface area contributed by atoms with E-state index < -0.39 is 0 Å². The van der Waals surface area contributed by atoms with E-state index in [1.807, 2.05) is 19.1 Å². The summed E-state index contributed by atoms with van der Waals surface area (Å²) in [6.07, 6.45) is 6.70. The Labute approximate surface area is 141 Å². The van der Waals surface area contributed by atoms with Crippen LogP contribution < -0.4 is 14.9 Å².